The molecule has 1 saturated heterocycles. The minimum absolute atomic E-state index is 0.222. The number of benzene rings is 1. The number of para-hydroxylation sites is 1. The zero-order chi connectivity index (χ0) is 14.4. The summed E-state index contributed by atoms with van der Waals surface area (Å²) in [5, 5.41) is 0. The van der Waals surface area contributed by atoms with E-state index >= 15 is 0 Å². The quantitative estimate of drug-likeness (QED) is 0.857. The Morgan fingerprint density at radius 2 is 2.10 bits per heavy atom. The van der Waals surface area contributed by atoms with Gasteiger partial charge in [0.25, 0.3) is 0 Å². The van der Waals surface area contributed by atoms with Crippen LogP contribution in [0.4, 0.5) is 5.69 Å². The molecular weight excluding hydrogens is 248 g/mol. The van der Waals surface area contributed by atoms with Crippen molar-refractivity contribution < 1.29 is 4.79 Å². The Morgan fingerprint density at radius 3 is 2.85 bits per heavy atom. The molecule has 1 aromatic carbocycles. The van der Waals surface area contributed by atoms with E-state index in [2.05, 4.69) is 6.92 Å². The Bertz CT molecular complexity index is 444. The van der Waals surface area contributed by atoms with E-state index < -0.39 is 0 Å². The average Bonchev–Trinajstić information content (AvgIpc) is 2.67. The predicted octanol–water partition coefficient (Wildman–Crippen LogP) is 3.24. The Kier molecular flexibility index (Phi) is 5.45. The van der Waals surface area contributed by atoms with Crippen LogP contribution in [0.15, 0.2) is 24.3 Å². The topological polar surface area (TPSA) is 46.3 Å². The van der Waals surface area contributed by atoms with Crippen molar-refractivity contribution >= 4 is 11.6 Å². The number of nitrogens with zero attached hydrogens (tertiary/aromatic N) is 1. The van der Waals surface area contributed by atoms with Crippen molar-refractivity contribution in [1.82, 2.24) is 4.90 Å². The van der Waals surface area contributed by atoms with Gasteiger partial charge in [0.05, 0.1) is 6.42 Å². The van der Waals surface area contributed by atoms with Gasteiger partial charge in [0, 0.05) is 18.8 Å². The maximum atomic E-state index is 12.4. The van der Waals surface area contributed by atoms with E-state index in [4.69, 9.17) is 5.73 Å². The second-order valence-electron chi connectivity index (χ2n) is 5.84. The highest BCUT2D eigenvalue weighted by atomic mass is 16.2. The molecule has 20 heavy (non-hydrogen) atoms. The van der Waals surface area contributed by atoms with E-state index in [9.17, 15) is 4.79 Å². The first-order chi connectivity index (χ1) is 9.70. The monoisotopic (exact) mass is 274 g/mol. The summed E-state index contributed by atoms with van der Waals surface area (Å²) in [4.78, 5) is 14.4. The molecule has 0 bridgehead atoms. The molecule has 1 atom stereocenters. The van der Waals surface area contributed by atoms with Crippen LogP contribution < -0.4 is 5.73 Å². The van der Waals surface area contributed by atoms with Crippen LogP contribution in [-0.4, -0.2) is 23.9 Å². The molecule has 1 unspecified atom stereocenters. The zero-order valence-electron chi connectivity index (χ0n) is 12.5. The van der Waals surface area contributed by atoms with Crippen molar-refractivity contribution in [2.45, 2.75) is 45.4 Å². The van der Waals surface area contributed by atoms with Gasteiger partial charge in [-0.15, -0.1) is 0 Å². The molecule has 1 heterocycles. The van der Waals surface area contributed by atoms with Crippen LogP contribution in [0.1, 0.15) is 44.6 Å². The van der Waals surface area contributed by atoms with Crippen LogP contribution in [-0.2, 0) is 11.2 Å². The number of carbonyl (C=O) groups excluding carboxylic acids is 1. The SMILES string of the molecule is CCCC1CCCN(C(=O)Cc2ccccc2N)CC1. The molecule has 0 aliphatic carbocycles. The Hall–Kier alpha value is -1.51. The number of hydrogen-bond acceptors (Lipinski definition) is 2. The first-order valence-corrected chi connectivity index (χ1v) is 7.82. The molecule has 2 rings (SSSR count). The second kappa shape index (κ2) is 7.32. The summed E-state index contributed by atoms with van der Waals surface area (Å²) < 4.78 is 0. The Labute approximate surface area is 122 Å². The summed E-state index contributed by atoms with van der Waals surface area (Å²) in [6, 6.07) is 7.66. The number of nitrogens with two attached hydrogens (primary N) is 1. The van der Waals surface area contributed by atoms with Crippen LogP contribution in [0.5, 0.6) is 0 Å². The minimum Gasteiger partial charge on any atom is -0.398 e. The molecule has 2 N–H and O–H groups in total. The fourth-order valence-electron chi connectivity index (χ4n) is 3.08. The molecule has 0 saturated carbocycles. The number of hydrogen-bond donors (Lipinski definition) is 1. The maximum absolute atomic E-state index is 12.4. The number of rotatable bonds is 4. The van der Waals surface area contributed by atoms with E-state index in [-0.39, 0.29) is 5.91 Å². The van der Waals surface area contributed by atoms with E-state index in [0.29, 0.717) is 6.42 Å². The molecule has 0 radical (unpaired) electrons. The summed E-state index contributed by atoms with van der Waals surface area (Å²) in [6.45, 7) is 4.06. The molecule has 3 heteroatoms. The van der Waals surface area contributed by atoms with Gasteiger partial charge in [0.15, 0.2) is 0 Å². The van der Waals surface area contributed by atoms with Crippen LogP contribution in [0.2, 0.25) is 0 Å². The highest BCUT2D eigenvalue weighted by molar-refractivity contribution is 5.80. The standard InChI is InChI=1S/C17H26N2O/c1-2-6-14-7-5-11-19(12-10-14)17(20)13-15-8-3-4-9-16(15)18/h3-4,8-9,14H,2,5-7,10-13,18H2,1H3. The van der Waals surface area contributed by atoms with Gasteiger partial charge < -0.3 is 10.6 Å². The Balaban J connectivity index is 1.91. The van der Waals surface area contributed by atoms with Crippen molar-refractivity contribution in [3.63, 3.8) is 0 Å². The molecule has 0 spiro atoms. The van der Waals surface area contributed by atoms with Crippen molar-refractivity contribution in [2.24, 2.45) is 5.92 Å². The lowest BCUT2D eigenvalue weighted by Gasteiger charge is -2.21. The van der Waals surface area contributed by atoms with Crippen LogP contribution >= 0.6 is 0 Å². The smallest absolute Gasteiger partial charge is 0.227 e. The molecule has 3 nitrogen and oxygen atoms in total. The number of nitrogen functional groups attached to an aromatic ring is 1. The van der Waals surface area contributed by atoms with Gasteiger partial charge in [0.2, 0.25) is 5.91 Å². The lowest BCUT2D eigenvalue weighted by molar-refractivity contribution is -0.130. The Morgan fingerprint density at radius 1 is 1.30 bits per heavy atom. The van der Waals surface area contributed by atoms with Gasteiger partial charge in [-0.05, 0) is 36.8 Å². The second-order valence-corrected chi connectivity index (χ2v) is 5.84. The summed E-state index contributed by atoms with van der Waals surface area (Å²) in [7, 11) is 0. The fraction of sp³-hybridized carbons (Fsp3) is 0.588. The van der Waals surface area contributed by atoms with Gasteiger partial charge in [0.1, 0.15) is 0 Å². The summed E-state index contributed by atoms with van der Waals surface area (Å²) in [5.41, 5.74) is 7.59. The zero-order valence-corrected chi connectivity index (χ0v) is 12.5. The molecule has 110 valence electrons. The molecule has 1 amide bonds. The van der Waals surface area contributed by atoms with Crippen LogP contribution in [0.3, 0.4) is 0 Å². The number of carbonyl (C=O) groups is 1. The van der Waals surface area contributed by atoms with Gasteiger partial charge in [-0.1, -0.05) is 38.0 Å². The van der Waals surface area contributed by atoms with Crippen LogP contribution in [0.25, 0.3) is 0 Å². The molecule has 0 aromatic heterocycles. The molecule has 1 fully saturated rings. The van der Waals surface area contributed by atoms with Gasteiger partial charge in [-0.2, -0.15) is 0 Å². The molecule has 1 aromatic rings. The molecular formula is C17H26N2O. The average molecular weight is 274 g/mol. The van der Waals surface area contributed by atoms with Crippen molar-refractivity contribution in [2.75, 3.05) is 18.8 Å². The van der Waals surface area contributed by atoms with Crippen LogP contribution in [0, 0.1) is 5.92 Å². The van der Waals surface area contributed by atoms with E-state index in [0.717, 1.165) is 43.1 Å². The third-order valence-corrected chi connectivity index (χ3v) is 4.29. The predicted molar refractivity (Wildman–Crippen MR) is 83.4 cm³/mol. The summed E-state index contributed by atoms with van der Waals surface area (Å²) in [5.74, 6) is 1.03. The van der Waals surface area contributed by atoms with Gasteiger partial charge >= 0.3 is 0 Å². The lowest BCUT2D eigenvalue weighted by atomic mass is 9.96. The van der Waals surface area contributed by atoms with Crippen molar-refractivity contribution in [3.8, 4) is 0 Å². The lowest BCUT2D eigenvalue weighted by Crippen LogP contribution is -2.33. The van der Waals surface area contributed by atoms with Gasteiger partial charge in [-0.25, -0.2) is 0 Å². The van der Waals surface area contributed by atoms with E-state index in [1.54, 1.807) is 0 Å². The molecule has 1 aliphatic heterocycles. The summed E-state index contributed by atoms with van der Waals surface area (Å²) in [6.07, 6.45) is 6.55. The minimum atomic E-state index is 0.222. The number of amides is 1. The third-order valence-electron chi connectivity index (χ3n) is 4.29. The summed E-state index contributed by atoms with van der Waals surface area (Å²) >= 11 is 0. The van der Waals surface area contributed by atoms with E-state index in [1.165, 1.54) is 19.3 Å². The highest BCUT2D eigenvalue weighted by Gasteiger charge is 2.20. The van der Waals surface area contributed by atoms with E-state index in [1.807, 2.05) is 29.2 Å². The highest BCUT2D eigenvalue weighted by Crippen LogP contribution is 2.22. The largest absolute Gasteiger partial charge is 0.398 e. The van der Waals surface area contributed by atoms with Crippen molar-refractivity contribution in [3.05, 3.63) is 29.8 Å². The molecule has 1 aliphatic rings. The number of anilines is 1. The first kappa shape index (κ1) is 14.9. The number of likely N-dealkylation sites (tertiary alicyclic amines) is 1. The first-order valence-electron chi connectivity index (χ1n) is 7.82. The maximum Gasteiger partial charge on any atom is 0.227 e. The fourth-order valence-corrected chi connectivity index (χ4v) is 3.08. The van der Waals surface area contributed by atoms with Gasteiger partial charge in [-0.3, -0.25) is 4.79 Å². The normalized spacial score (nSPS) is 19.6. The third kappa shape index (κ3) is 3.99. The van der Waals surface area contributed by atoms with Crippen molar-refractivity contribution in [1.29, 1.82) is 0 Å².